The first-order valence-electron chi connectivity index (χ1n) is 7.23. The van der Waals surface area contributed by atoms with E-state index in [0.29, 0.717) is 17.1 Å². The summed E-state index contributed by atoms with van der Waals surface area (Å²) in [7, 11) is 0. The molecule has 23 heavy (non-hydrogen) atoms. The molecule has 0 amide bonds. The maximum atomic E-state index is 10.5. The van der Waals surface area contributed by atoms with Crippen LogP contribution >= 0.6 is 0 Å². The Bertz CT molecular complexity index is 773. The standard InChI is InChI=1S/C20H15O3/c1-15-2-6-17(7-3-15)22-19-10-12-20(13-11-19)23-18-8-4-16(14-21)5-9-18/h2-13H,1H3/q-1. The molecule has 0 aliphatic heterocycles. The van der Waals surface area contributed by atoms with E-state index in [1.165, 1.54) is 5.56 Å². The van der Waals surface area contributed by atoms with Crippen molar-refractivity contribution in [3.63, 3.8) is 0 Å². The molecule has 0 radical (unpaired) electrons. The minimum Gasteiger partial charge on any atom is -0.460 e. The highest BCUT2D eigenvalue weighted by Crippen LogP contribution is 2.26. The molecule has 3 heteroatoms. The van der Waals surface area contributed by atoms with E-state index in [2.05, 4.69) is 0 Å². The Morgan fingerprint density at radius 3 is 1.35 bits per heavy atom. The first-order chi connectivity index (χ1) is 11.2. The number of hydrogen-bond donors (Lipinski definition) is 0. The summed E-state index contributed by atoms with van der Waals surface area (Å²) in [4.78, 5) is 10.5. The van der Waals surface area contributed by atoms with Crippen LogP contribution in [0.3, 0.4) is 0 Å². The molecular formula is C20H15O3-. The predicted octanol–water partition coefficient (Wildman–Crippen LogP) is 5.04. The molecule has 3 aromatic carbocycles. The summed E-state index contributed by atoms with van der Waals surface area (Å²) in [5.74, 6) is 2.90. The van der Waals surface area contributed by atoms with E-state index in [0.717, 1.165) is 11.5 Å². The van der Waals surface area contributed by atoms with Crippen LogP contribution in [0.4, 0.5) is 0 Å². The van der Waals surface area contributed by atoms with Gasteiger partial charge in [-0.25, -0.2) is 0 Å². The third-order valence-corrected chi connectivity index (χ3v) is 3.29. The quantitative estimate of drug-likeness (QED) is 0.620. The normalized spacial score (nSPS) is 10.1. The van der Waals surface area contributed by atoms with Crippen LogP contribution in [0.15, 0.2) is 72.8 Å². The summed E-state index contributed by atoms with van der Waals surface area (Å²) in [6.45, 7) is 2.04. The van der Waals surface area contributed by atoms with Gasteiger partial charge in [0.15, 0.2) is 0 Å². The zero-order chi connectivity index (χ0) is 16.1. The van der Waals surface area contributed by atoms with Gasteiger partial charge >= 0.3 is 0 Å². The lowest BCUT2D eigenvalue weighted by molar-refractivity contribution is 0.469. The van der Waals surface area contributed by atoms with Crippen molar-refractivity contribution in [3.8, 4) is 23.0 Å². The lowest BCUT2D eigenvalue weighted by Crippen LogP contribution is -1.87. The summed E-state index contributed by atoms with van der Waals surface area (Å²) in [5.41, 5.74) is 1.69. The van der Waals surface area contributed by atoms with Crippen LogP contribution in [0, 0.1) is 6.92 Å². The fourth-order valence-electron chi connectivity index (χ4n) is 2.05. The van der Waals surface area contributed by atoms with Crippen molar-refractivity contribution >= 4 is 6.29 Å². The molecule has 0 fully saturated rings. The van der Waals surface area contributed by atoms with Crippen LogP contribution in [0.2, 0.25) is 0 Å². The van der Waals surface area contributed by atoms with E-state index in [1.807, 2.05) is 61.7 Å². The molecule has 0 bridgehead atoms. The minimum atomic E-state index is 0.499. The van der Waals surface area contributed by atoms with E-state index in [9.17, 15) is 4.79 Å². The number of benzene rings is 3. The van der Waals surface area contributed by atoms with Crippen molar-refractivity contribution in [3.05, 3.63) is 83.9 Å². The van der Waals surface area contributed by atoms with Gasteiger partial charge in [0, 0.05) is 0 Å². The van der Waals surface area contributed by atoms with Crippen molar-refractivity contribution in [2.45, 2.75) is 6.92 Å². The van der Waals surface area contributed by atoms with E-state index in [-0.39, 0.29) is 0 Å². The van der Waals surface area contributed by atoms with E-state index < -0.39 is 0 Å². The maximum absolute atomic E-state index is 10.5. The molecule has 0 unspecified atom stereocenters. The topological polar surface area (TPSA) is 35.5 Å². The molecule has 0 aliphatic carbocycles. The fraction of sp³-hybridized carbons (Fsp3) is 0.0500. The molecule has 0 atom stereocenters. The lowest BCUT2D eigenvalue weighted by atomic mass is 10.2. The predicted molar refractivity (Wildman–Crippen MR) is 89.0 cm³/mol. The van der Waals surface area contributed by atoms with Crippen molar-refractivity contribution < 1.29 is 14.3 Å². The zero-order valence-corrected chi connectivity index (χ0v) is 12.7. The average molecular weight is 303 g/mol. The van der Waals surface area contributed by atoms with Gasteiger partial charge in [-0.1, -0.05) is 29.8 Å². The Hall–Kier alpha value is -3.07. The van der Waals surface area contributed by atoms with Crippen LogP contribution < -0.4 is 9.47 Å². The third kappa shape index (κ3) is 3.98. The number of aryl methyl sites for hydroxylation is 1. The van der Waals surface area contributed by atoms with Crippen LogP contribution in [0.5, 0.6) is 23.0 Å². The van der Waals surface area contributed by atoms with Gasteiger partial charge in [-0.3, -0.25) is 0 Å². The molecule has 0 aliphatic rings. The van der Waals surface area contributed by atoms with E-state index in [1.54, 1.807) is 24.3 Å². The first kappa shape index (κ1) is 14.9. The zero-order valence-electron chi connectivity index (χ0n) is 12.7. The fourth-order valence-corrected chi connectivity index (χ4v) is 2.05. The molecule has 3 aromatic rings. The second-order valence-corrected chi connectivity index (χ2v) is 5.12. The van der Waals surface area contributed by atoms with Gasteiger partial charge in [0.2, 0.25) is 0 Å². The highest BCUT2D eigenvalue weighted by atomic mass is 16.5. The molecular weight excluding hydrogens is 288 g/mol. The Balaban J connectivity index is 1.66. The molecule has 0 saturated carbocycles. The SMILES string of the molecule is Cc1ccc(Oc2ccc(Oc3ccc([C-]=O)cc3)cc2)cc1. The minimum absolute atomic E-state index is 0.499. The summed E-state index contributed by atoms with van der Waals surface area (Å²) >= 11 is 0. The Morgan fingerprint density at radius 1 is 0.609 bits per heavy atom. The molecule has 0 spiro atoms. The van der Waals surface area contributed by atoms with Crippen LogP contribution in [0.25, 0.3) is 0 Å². The highest BCUT2D eigenvalue weighted by Gasteiger charge is 1.99. The lowest BCUT2D eigenvalue weighted by Gasteiger charge is -2.10. The van der Waals surface area contributed by atoms with Gasteiger partial charge < -0.3 is 14.3 Å². The number of ether oxygens (including phenoxy) is 2. The Kier molecular flexibility index (Phi) is 4.39. The van der Waals surface area contributed by atoms with Crippen LogP contribution in [-0.4, -0.2) is 6.29 Å². The second kappa shape index (κ2) is 6.79. The van der Waals surface area contributed by atoms with Crippen molar-refractivity contribution in [1.82, 2.24) is 0 Å². The van der Waals surface area contributed by atoms with Crippen LogP contribution in [0.1, 0.15) is 11.1 Å². The van der Waals surface area contributed by atoms with Gasteiger partial charge in [-0.2, -0.15) is 17.7 Å². The van der Waals surface area contributed by atoms with E-state index >= 15 is 0 Å². The smallest absolute Gasteiger partial charge is 0.127 e. The van der Waals surface area contributed by atoms with Gasteiger partial charge in [0.05, 0.1) is 6.29 Å². The summed E-state index contributed by atoms with van der Waals surface area (Å²) < 4.78 is 11.5. The summed E-state index contributed by atoms with van der Waals surface area (Å²) in [6, 6.07) is 22.1. The molecule has 3 rings (SSSR count). The molecule has 3 nitrogen and oxygen atoms in total. The van der Waals surface area contributed by atoms with Gasteiger partial charge in [-0.15, -0.1) is 0 Å². The Morgan fingerprint density at radius 2 is 0.957 bits per heavy atom. The highest BCUT2D eigenvalue weighted by molar-refractivity contribution is 5.75. The second-order valence-electron chi connectivity index (χ2n) is 5.12. The van der Waals surface area contributed by atoms with Gasteiger partial charge in [0.1, 0.15) is 23.0 Å². The first-order valence-corrected chi connectivity index (χ1v) is 7.23. The third-order valence-electron chi connectivity index (χ3n) is 3.29. The maximum Gasteiger partial charge on any atom is 0.127 e. The van der Waals surface area contributed by atoms with Crippen molar-refractivity contribution in [1.29, 1.82) is 0 Å². The summed E-state index contributed by atoms with van der Waals surface area (Å²) in [5, 5.41) is 0. The van der Waals surface area contributed by atoms with Crippen LogP contribution in [-0.2, 0) is 4.79 Å². The van der Waals surface area contributed by atoms with E-state index in [4.69, 9.17) is 9.47 Å². The molecule has 0 aromatic heterocycles. The number of carbonyl (C=O) groups excluding carboxylic acids is 1. The number of hydrogen-bond acceptors (Lipinski definition) is 3. The van der Waals surface area contributed by atoms with Crippen molar-refractivity contribution in [2.75, 3.05) is 0 Å². The summed E-state index contributed by atoms with van der Waals surface area (Å²) in [6.07, 6.45) is 1.83. The monoisotopic (exact) mass is 303 g/mol. The van der Waals surface area contributed by atoms with Crippen molar-refractivity contribution in [2.24, 2.45) is 0 Å². The van der Waals surface area contributed by atoms with Gasteiger partial charge in [-0.05, 0) is 43.3 Å². The molecule has 0 saturated heterocycles. The molecule has 0 N–H and O–H groups in total. The average Bonchev–Trinajstić information content (AvgIpc) is 2.59. The number of rotatable bonds is 5. The Labute approximate surface area is 135 Å². The largest absolute Gasteiger partial charge is 0.460 e. The molecule has 0 heterocycles. The van der Waals surface area contributed by atoms with Gasteiger partial charge in [0.25, 0.3) is 0 Å². The molecule has 114 valence electrons.